The van der Waals surface area contributed by atoms with Crippen LogP contribution in [0.4, 0.5) is 5.69 Å². The molecule has 0 bridgehead atoms. The van der Waals surface area contributed by atoms with Gasteiger partial charge in [0, 0.05) is 23.8 Å². The molecule has 2 atom stereocenters. The minimum Gasteiger partial charge on any atom is -0.394 e. The number of nitrogens with two attached hydrogens (primary N) is 1. The lowest BCUT2D eigenvalue weighted by Crippen LogP contribution is -2.42. The lowest BCUT2D eigenvalue weighted by Gasteiger charge is -2.37. The number of hydrogen-bond donors (Lipinski definition) is 2. The Bertz CT molecular complexity index is 417. The van der Waals surface area contributed by atoms with Gasteiger partial charge in [-0.05, 0) is 51.2 Å². The van der Waals surface area contributed by atoms with Crippen LogP contribution in [-0.4, -0.2) is 29.8 Å². The molecule has 2 rings (SSSR count). The summed E-state index contributed by atoms with van der Waals surface area (Å²) in [5.41, 5.74) is 8.38. The molecule has 0 aliphatic carbocycles. The van der Waals surface area contributed by atoms with Crippen LogP contribution >= 0.6 is 0 Å². The first-order valence-electron chi connectivity index (χ1n) is 7.28. The zero-order valence-corrected chi connectivity index (χ0v) is 12.1. The first-order valence-corrected chi connectivity index (χ1v) is 7.28. The quantitative estimate of drug-likeness (QED) is 0.856. The monoisotopic (exact) mass is 262 g/mol. The molecule has 1 aliphatic heterocycles. The summed E-state index contributed by atoms with van der Waals surface area (Å²) in [5.74, 6) is 0. The third-order valence-electron chi connectivity index (χ3n) is 4.17. The average molecular weight is 262 g/mol. The van der Waals surface area contributed by atoms with Crippen LogP contribution in [-0.2, 0) is 6.42 Å². The molecule has 0 aromatic heterocycles. The van der Waals surface area contributed by atoms with Crippen LogP contribution < -0.4 is 10.6 Å². The standard InChI is InChI=1S/C16H26N2O/c1-13-8-9-14-6-3-4-7-15(14)18(13)11-5-10-16(2,17)12-19/h3-4,6-7,13,19H,5,8-12,17H2,1-2H3. The maximum atomic E-state index is 9.20. The molecule has 0 fully saturated rings. The number of benzene rings is 1. The third kappa shape index (κ3) is 3.48. The molecule has 3 nitrogen and oxygen atoms in total. The predicted molar refractivity (Wildman–Crippen MR) is 80.5 cm³/mol. The highest BCUT2D eigenvalue weighted by Crippen LogP contribution is 2.30. The lowest BCUT2D eigenvalue weighted by molar-refractivity contribution is 0.198. The van der Waals surface area contributed by atoms with Gasteiger partial charge in [0.25, 0.3) is 0 Å². The van der Waals surface area contributed by atoms with Crippen molar-refractivity contribution in [2.75, 3.05) is 18.1 Å². The van der Waals surface area contributed by atoms with Crippen LogP contribution in [0.2, 0.25) is 0 Å². The van der Waals surface area contributed by atoms with Crippen molar-refractivity contribution in [3.63, 3.8) is 0 Å². The third-order valence-corrected chi connectivity index (χ3v) is 4.17. The molecule has 0 spiro atoms. The zero-order chi connectivity index (χ0) is 13.9. The van der Waals surface area contributed by atoms with E-state index in [1.54, 1.807) is 0 Å². The number of aliphatic hydroxyl groups is 1. The number of para-hydroxylation sites is 1. The minimum atomic E-state index is -0.446. The van der Waals surface area contributed by atoms with Gasteiger partial charge in [-0.25, -0.2) is 0 Å². The van der Waals surface area contributed by atoms with Crippen molar-refractivity contribution in [1.82, 2.24) is 0 Å². The maximum Gasteiger partial charge on any atom is 0.0608 e. The molecule has 1 aromatic carbocycles. The van der Waals surface area contributed by atoms with Crippen molar-refractivity contribution in [3.05, 3.63) is 29.8 Å². The number of aliphatic hydroxyl groups excluding tert-OH is 1. The SMILES string of the molecule is CC1CCc2ccccc2N1CCCC(C)(N)CO. The highest BCUT2D eigenvalue weighted by atomic mass is 16.3. The van der Waals surface area contributed by atoms with Crippen molar-refractivity contribution in [2.24, 2.45) is 5.73 Å². The fourth-order valence-electron chi connectivity index (χ4n) is 2.83. The van der Waals surface area contributed by atoms with Crippen LogP contribution in [0.1, 0.15) is 38.7 Å². The molecule has 0 radical (unpaired) electrons. The molecule has 0 saturated heterocycles. The van der Waals surface area contributed by atoms with Crippen molar-refractivity contribution < 1.29 is 5.11 Å². The minimum absolute atomic E-state index is 0.0547. The summed E-state index contributed by atoms with van der Waals surface area (Å²) >= 11 is 0. The van der Waals surface area contributed by atoms with Crippen molar-refractivity contribution >= 4 is 5.69 Å². The van der Waals surface area contributed by atoms with Gasteiger partial charge >= 0.3 is 0 Å². The molecular weight excluding hydrogens is 236 g/mol. The first kappa shape index (κ1) is 14.4. The van der Waals surface area contributed by atoms with E-state index in [2.05, 4.69) is 36.1 Å². The van der Waals surface area contributed by atoms with Gasteiger partial charge in [-0.1, -0.05) is 18.2 Å². The number of rotatable bonds is 5. The Balaban J connectivity index is 2.00. The maximum absolute atomic E-state index is 9.20. The Morgan fingerprint density at radius 1 is 1.42 bits per heavy atom. The van der Waals surface area contributed by atoms with E-state index in [0.717, 1.165) is 19.4 Å². The lowest BCUT2D eigenvalue weighted by atomic mass is 9.94. The summed E-state index contributed by atoms with van der Waals surface area (Å²) < 4.78 is 0. The summed E-state index contributed by atoms with van der Waals surface area (Å²) in [5, 5.41) is 9.20. The molecule has 19 heavy (non-hydrogen) atoms. The topological polar surface area (TPSA) is 49.5 Å². The Labute approximate surface area is 116 Å². The van der Waals surface area contributed by atoms with Gasteiger partial charge < -0.3 is 15.7 Å². The molecule has 1 heterocycles. The Morgan fingerprint density at radius 3 is 2.89 bits per heavy atom. The predicted octanol–water partition coefficient (Wildman–Crippen LogP) is 2.32. The summed E-state index contributed by atoms with van der Waals surface area (Å²) in [4.78, 5) is 2.49. The van der Waals surface area contributed by atoms with E-state index in [1.807, 2.05) is 6.92 Å². The fourth-order valence-corrected chi connectivity index (χ4v) is 2.83. The smallest absolute Gasteiger partial charge is 0.0608 e. The molecular formula is C16H26N2O. The average Bonchev–Trinajstić information content (AvgIpc) is 2.41. The number of nitrogens with zero attached hydrogens (tertiary/aromatic N) is 1. The Kier molecular flexibility index (Phi) is 4.48. The van der Waals surface area contributed by atoms with Crippen LogP contribution in [0, 0.1) is 0 Å². The summed E-state index contributed by atoms with van der Waals surface area (Å²) in [6.07, 6.45) is 4.27. The second-order valence-corrected chi connectivity index (χ2v) is 6.13. The number of fused-ring (bicyclic) bond motifs is 1. The van der Waals surface area contributed by atoms with Gasteiger partial charge in [0.2, 0.25) is 0 Å². The van der Waals surface area contributed by atoms with Gasteiger partial charge in [-0.15, -0.1) is 0 Å². The van der Waals surface area contributed by atoms with Gasteiger partial charge in [-0.2, -0.15) is 0 Å². The molecule has 1 aromatic rings. The van der Waals surface area contributed by atoms with Gasteiger partial charge in [0.15, 0.2) is 0 Å². The zero-order valence-electron chi connectivity index (χ0n) is 12.1. The molecule has 0 saturated carbocycles. The number of aryl methyl sites for hydroxylation is 1. The van der Waals surface area contributed by atoms with Gasteiger partial charge in [0.05, 0.1) is 6.61 Å². The van der Waals surface area contributed by atoms with Gasteiger partial charge in [0.1, 0.15) is 0 Å². The van der Waals surface area contributed by atoms with E-state index >= 15 is 0 Å². The second-order valence-electron chi connectivity index (χ2n) is 6.13. The molecule has 0 amide bonds. The van der Waals surface area contributed by atoms with Crippen LogP contribution in [0.3, 0.4) is 0 Å². The van der Waals surface area contributed by atoms with Crippen LogP contribution in [0.15, 0.2) is 24.3 Å². The first-order chi connectivity index (χ1) is 9.03. The molecule has 2 unspecified atom stereocenters. The van der Waals surface area contributed by atoms with E-state index in [1.165, 1.54) is 24.1 Å². The van der Waals surface area contributed by atoms with E-state index < -0.39 is 5.54 Å². The fraction of sp³-hybridized carbons (Fsp3) is 0.625. The largest absolute Gasteiger partial charge is 0.394 e. The molecule has 106 valence electrons. The summed E-state index contributed by atoms with van der Waals surface area (Å²) in [6.45, 7) is 5.29. The Morgan fingerprint density at radius 2 is 2.16 bits per heavy atom. The normalized spacial score (nSPS) is 21.9. The molecule has 3 heteroatoms. The number of anilines is 1. The number of hydrogen-bond acceptors (Lipinski definition) is 3. The van der Waals surface area contributed by atoms with Crippen LogP contribution in [0.5, 0.6) is 0 Å². The van der Waals surface area contributed by atoms with Gasteiger partial charge in [-0.3, -0.25) is 0 Å². The van der Waals surface area contributed by atoms with E-state index in [4.69, 9.17) is 5.73 Å². The van der Waals surface area contributed by atoms with Crippen molar-refractivity contribution in [2.45, 2.75) is 51.1 Å². The summed E-state index contributed by atoms with van der Waals surface area (Å²) in [6, 6.07) is 9.28. The Hall–Kier alpha value is -1.06. The van der Waals surface area contributed by atoms with Crippen molar-refractivity contribution in [3.8, 4) is 0 Å². The highest BCUT2D eigenvalue weighted by molar-refractivity contribution is 5.56. The highest BCUT2D eigenvalue weighted by Gasteiger charge is 2.23. The molecule has 1 aliphatic rings. The second kappa shape index (κ2) is 5.93. The summed E-state index contributed by atoms with van der Waals surface area (Å²) in [7, 11) is 0. The van der Waals surface area contributed by atoms with Crippen molar-refractivity contribution in [1.29, 1.82) is 0 Å². The molecule has 3 N–H and O–H groups in total. The van der Waals surface area contributed by atoms with Crippen LogP contribution in [0.25, 0.3) is 0 Å². The van der Waals surface area contributed by atoms with E-state index in [0.29, 0.717) is 6.04 Å². The van der Waals surface area contributed by atoms with E-state index in [-0.39, 0.29) is 6.61 Å². The van der Waals surface area contributed by atoms with E-state index in [9.17, 15) is 5.11 Å².